The van der Waals surface area contributed by atoms with Gasteiger partial charge in [0, 0.05) is 29.5 Å². The molecular formula is C24H21F3N6O. The molecule has 4 aromatic rings. The lowest BCUT2D eigenvalue weighted by atomic mass is 10.0. The summed E-state index contributed by atoms with van der Waals surface area (Å²) in [5.74, 6) is 1.66. The van der Waals surface area contributed by atoms with Crippen LogP contribution in [0.25, 0.3) is 22.2 Å². The molecule has 0 radical (unpaired) electrons. The van der Waals surface area contributed by atoms with E-state index in [2.05, 4.69) is 25.7 Å². The van der Waals surface area contributed by atoms with Crippen LogP contribution in [0, 0.1) is 6.92 Å². The summed E-state index contributed by atoms with van der Waals surface area (Å²) in [6.45, 7) is 4.06. The lowest BCUT2D eigenvalue weighted by Gasteiger charge is -2.18. The van der Waals surface area contributed by atoms with Crippen LogP contribution in [0.1, 0.15) is 36.3 Å². The van der Waals surface area contributed by atoms with Crippen molar-refractivity contribution in [2.75, 3.05) is 10.6 Å². The molecule has 1 atom stereocenters. The van der Waals surface area contributed by atoms with Gasteiger partial charge in [-0.3, -0.25) is 4.79 Å². The molecule has 1 aliphatic rings. The summed E-state index contributed by atoms with van der Waals surface area (Å²) in [4.78, 5) is 20.7. The van der Waals surface area contributed by atoms with E-state index >= 15 is 0 Å². The molecule has 3 heterocycles. The zero-order valence-electron chi connectivity index (χ0n) is 18.4. The Kier molecular flexibility index (Phi) is 5.22. The first-order chi connectivity index (χ1) is 16.2. The number of carbonyl (C=O) groups excluding carboxylic acids is 1. The summed E-state index contributed by atoms with van der Waals surface area (Å²) < 4.78 is 41.2. The highest BCUT2D eigenvalue weighted by atomic mass is 19.4. The molecule has 2 aromatic carbocycles. The van der Waals surface area contributed by atoms with Crippen molar-refractivity contribution in [2.24, 2.45) is 0 Å². The van der Waals surface area contributed by atoms with Gasteiger partial charge < -0.3 is 10.6 Å². The number of nitrogens with one attached hydrogen (secondary N) is 2. The van der Waals surface area contributed by atoms with Crippen LogP contribution in [-0.2, 0) is 17.5 Å². The van der Waals surface area contributed by atoms with E-state index in [1.807, 2.05) is 24.3 Å². The van der Waals surface area contributed by atoms with Crippen LogP contribution in [0.2, 0.25) is 0 Å². The number of fused-ring (bicyclic) bond motifs is 2. The number of alkyl halides is 3. The fourth-order valence-corrected chi connectivity index (χ4v) is 4.03. The van der Waals surface area contributed by atoms with Gasteiger partial charge >= 0.3 is 6.18 Å². The molecule has 0 fully saturated rings. The van der Waals surface area contributed by atoms with E-state index in [1.54, 1.807) is 24.6 Å². The van der Waals surface area contributed by atoms with Crippen molar-refractivity contribution < 1.29 is 18.0 Å². The van der Waals surface area contributed by atoms with E-state index in [1.165, 1.54) is 6.07 Å². The summed E-state index contributed by atoms with van der Waals surface area (Å²) in [6, 6.07) is 12.3. The van der Waals surface area contributed by atoms with Gasteiger partial charge in [-0.05, 0) is 43.7 Å². The normalized spacial score (nSPS) is 14.6. The molecule has 0 unspecified atom stereocenters. The van der Waals surface area contributed by atoms with Crippen molar-refractivity contribution in [1.82, 2.24) is 19.7 Å². The zero-order valence-corrected chi connectivity index (χ0v) is 18.4. The molecule has 0 saturated carbocycles. The molecule has 2 N–H and O–H groups in total. The lowest BCUT2D eigenvalue weighted by Crippen LogP contribution is -2.23. The van der Waals surface area contributed by atoms with Gasteiger partial charge in [-0.25, -0.2) is 14.6 Å². The molecule has 5 rings (SSSR count). The number of hydrogen-bond acceptors (Lipinski definition) is 5. The van der Waals surface area contributed by atoms with Gasteiger partial charge in [0.25, 0.3) is 0 Å². The van der Waals surface area contributed by atoms with Crippen LogP contribution in [0.4, 0.5) is 24.8 Å². The number of aryl methyl sites for hydroxylation is 2. The average Bonchev–Trinajstić information content (AvgIpc) is 3.21. The molecular weight excluding hydrogens is 445 g/mol. The summed E-state index contributed by atoms with van der Waals surface area (Å²) in [7, 11) is 0. The maximum atomic E-state index is 13.2. The average molecular weight is 466 g/mol. The third kappa shape index (κ3) is 4.18. The maximum Gasteiger partial charge on any atom is 0.416 e. The molecule has 1 amide bonds. The van der Waals surface area contributed by atoms with E-state index < -0.39 is 17.8 Å². The topological polar surface area (TPSA) is 84.7 Å². The minimum atomic E-state index is -4.41. The van der Waals surface area contributed by atoms with Gasteiger partial charge in [0.2, 0.25) is 5.91 Å². The number of amides is 1. The number of carbonyl (C=O) groups is 1. The first-order valence-electron chi connectivity index (χ1n) is 10.8. The smallest absolute Gasteiger partial charge is 0.363 e. The lowest BCUT2D eigenvalue weighted by molar-refractivity contribution is -0.137. The number of rotatable bonds is 4. The molecule has 0 spiro atoms. The predicted octanol–water partition coefficient (Wildman–Crippen LogP) is 5.34. The van der Waals surface area contributed by atoms with Crippen LogP contribution in [0.5, 0.6) is 0 Å². The molecule has 0 aliphatic carbocycles. The van der Waals surface area contributed by atoms with Crippen LogP contribution in [0.15, 0.2) is 48.5 Å². The van der Waals surface area contributed by atoms with Gasteiger partial charge in [-0.15, -0.1) is 0 Å². The Hall–Kier alpha value is -3.95. The minimum Gasteiger partial charge on any atom is -0.363 e. The molecule has 0 saturated heterocycles. The highest BCUT2D eigenvalue weighted by molar-refractivity contribution is 5.94. The fourth-order valence-electron chi connectivity index (χ4n) is 4.03. The second-order valence-corrected chi connectivity index (χ2v) is 8.28. The predicted molar refractivity (Wildman–Crippen MR) is 122 cm³/mol. The Morgan fingerprint density at radius 2 is 1.94 bits per heavy atom. The number of hydrogen-bond donors (Lipinski definition) is 2. The van der Waals surface area contributed by atoms with Crippen LogP contribution in [0.3, 0.4) is 0 Å². The largest absolute Gasteiger partial charge is 0.416 e. The van der Waals surface area contributed by atoms with Gasteiger partial charge in [0.1, 0.15) is 17.5 Å². The molecule has 1 aliphatic heterocycles. The Bertz CT molecular complexity index is 1410. The number of benzene rings is 2. The third-order valence-electron chi connectivity index (χ3n) is 5.77. The monoisotopic (exact) mass is 466 g/mol. The van der Waals surface area contributed by atoms with Crippen molar-refractivity contribution in [3.05, 3.63) is 65.5 Å². The number of aromatic nitrogens is 4. The fraction of sp³-hybridized carbons (Fsp3) is 0.250. The van der Waals surface area contributed by atoms with Crippen molar-refractivity contribution in [1.29, 1.82) is 0 Å². The van der Waals surface area contributed by atoms with Gasteiger partial charge in [-0.2, -0.15) is 18.3 Å². The van der Waals surface area contributed by atoms with E-state index in [-0.39, 0.29) is 5.91 Å². The summed E-state index contributed by atoms with van der Waals surface area (Å²) in [5, 5.41) is 11.4. The first kappa shape index (κ1) is 21.9. The van der Waals surface area contributed by atoms with Crippen molar-refractivity contribution >= 4 is 28.4 Å². The van der Waals surface area contributed by atoms with Crippen LogP contribution >= 0.6 is 0 Å². The van der Waals surface area contributed by atoms with Gasteiger partial charge in [0.05, 0.1) is 23.3 Å². The minimum absolute atomic E-state index is 0.0450. The highest BCUT2D eigenvalue weighted by Crippen LogP contribution is 2.33. The number of anilines is 2. The molecule has 34 heavy (non-hydrogen) atoms. The van der Waals surface area contributed by atoms with E-state index in [4.69, 9.17) is 0 Å². The van der Waals surface area contributed by atoms with Crippen LogP contribution < -0.4 is 10.6 Å². The van der Waals surface area contributed by atoms with Gasteiger partial charge in [0.15, 0.2) is 0 Å². The van der Waals surface area contributed by atoms with Crippen molar-refractivity contribution in [2.45, 2.75) is 39.0 Å². The molecule has 174 valence electrons. The zero-order chi connectivity index (χ0) is 24.0. The third-order valence-corrected chi connectivity index (χ3v) is 5.77. The Morgan fingerprint density at radius 1 is 1.12 bits per heavy atom. The standard InChI is InChI=1S/C24H21F3N6O/c1-13(15-4-3-5-17(10-15)24(25,26)27)28-23-18-11-16(6-7-19(18)29-14(2)30-23)20-12-21-31-22(34)8-9-33(21)32-20/h3-7,10-13H,8-9H2,1-2H3,(H,31,34)(H,28,29,30)/t13-/m1/s1. The van der Waals surface area contributed by atoms with Crippen LogP contribution in [-0.4, -0.2) is 25.7 Å². The second kappa shape index (κ2) is 8.12. The Balaban J connectivity index is 1.51. The maximum absolute atomic E-state index is 13.2. The van der Waals surface area contributed by atoms with Crippen molar-refractivity contribution in [3.8, 4) is 11.3 Å². The Labute approximate surface area is 193 Å². The SMILES string of the molecule is Cc1nc(N[C@H](C)c2cccc(C(F)(F)F)c2)c2cc(-c3cc4n(n3)CCC(=O)N4)ccc2n1. The highest BCUT2D eigenvalue weighted by Gasteiger charge is 2.30. The first-order valence-corrected chi connectivity index (χ1v) is 10.8. The summed E-state index contributed by atoms with van der Waals surface area (Å²) in [5.41, 5.74) is 2.00. The number of nitrogens with zero attached hydrogens (tertiary/aromatic N) is 4. The number of halogens is 3. The summed E-state index contributed by atoms with van der Waals surface area (Å²) in [6.07, 6.45) is -4.04. The molecule has 10 heteroatoms. The molecule has 2 aromatic heterocycles. The quantitative estimate of drug-likeness (QED) is 0.424. The van der Waals surface area contributed by atoms with Crippen molar-refractivity contribution in [3.63, 3.8) is 0 Å². The van der Waals surface area contributed by atoms with Gasteiger partial charge in [-0.1, -0.05) is 18.2 Å². The molecule has 0 bridgehead atoms. The van der Waals surface area contributed by atoms with E-state index in [9.17, 15) is 18.0 Å². The van der Waals surface area contributed by atoms with E-state index in [0.29, 0.717) is 47.2 Å². The van der Waals surface area contributed by atoms with E-state index in [0.717, 1.165) is 23.1 Å². The summed E-state index contributed by atoms with van der Waals surface area (Å²) >= 11 is 0. The molecule has 7 nitrogen and oxygen atoms in total. The second-order valence-electron chi connectivity index (χ2n) is 8.28. The Morgan fingerprint density at radius 3 is 2.74 bits per heavy atom.